The SMILES string of the molecule is Cl[Te]1(Cl)N=S=N[Te]1. The Morgan fingerprint density at radius 1 is 1.57 bits per heavy atom. The molecule has 0 saturated heterocycles. The molecule has 0 radical (unpaired) electrons. The van der Waals surface area contributed by atoms with E-state index in [4.69, 9.17) is 17.9 Å². The van der Waals surface area contributed by atoms with Crippen molar-refractivity contribution < 1.29 is 0 Å². The first-order valence-electron chi connectivity index (χ1n) is 1.21. The Hall–Kier alpha value is 1.98. The van der Waals surface area contributed by atoms with E-state index in [0.717, 1.165) is 0 Å². The molecule has 0 bridgehead atoms. The van der Waals surface area contributed by atoms with Crippen molar-refractivity contribution in [2.75, 3.05) is 0 Å². The van der Waals surface area contributed by atoms with Crippen LogP contribution in [0, 0.1) is 0 Å². The molecule has 0 spiro atoms. The fraction of sp³-hybridized carbons (Fsp3) is 0. The van der Waals surface area contributed by atoms with Crippen LogP contribution < -0.4 is 0 Å². The van der Waals surface area contributed by atoms with Gasteiger partial charge in [0.15, 0.2) is 0 Å². The molecule has 0 aromatic heterocycles. The Balaban J connectivity index is 2.69. The first kappa shape index (κ1) is 7.09. The van der Waals surface area contributed by atoms with Crippen LogP contribution >= 0.6 is 17.9 Å². The molecule has 1 rings (SSSR count). The van der Waals surface area contributed by atoms with Crippen molar-refractivity contribution in [2.45, 2.75) is 0 Å². The Labute approximate surface area is 63.1 Å². The maximum absolute atomic E-state index is 5.70. The van der Waals surface area contributed by atoms with Gasteiger partial charge >= 0.3 is 64.2 Å². The fourth-order valence-corrected chi connectivity index (χ4v) is 20.0. The van der Waals surface area contributed by atoms with Crippen molar-refractivity contribution in [3.8, 4) is 0 Å². The summed E-state index contributed by atoms with van der Waals surface area (Å²) in [4.78, 5) is 0. The van der Waals surface area contributed by atoms with Gasteiger partial charge in [0.1, 0.15) is 0 Å². The second kappa shape index (κ2) is 2.71. The summed E-state index contributed by atoms with van der Waals surface area (Å²) in [7, 11) is 11.4. The summed E-state index contributed by atoms with van der Waals surface area (Å²) in [6, 6.07) is 0. The van der Waals surface area contributed by atoms with Crippen LogP contribution in [0.2, 0.25) is 0 Å². The minimum atomic E-state index is -2.50. The van der Waals surface area contributed by atoms with Gasteiger partial charge < -0.3 is 0 Å². The van der Waals surface area contributed by atoms with Crippen molar-refractivity contribution in [3.63, 3.8) is 0 Å². The van der Waals surface area contributed by atoms with Crippen LogP contribution in [0.15, 0.2) is 5.23 Å². The van der Waals surface area contributed by atoms with E-state index in [9.17, 15) is 0 Å². The molecule has 1 aliphatic rings. The van der Waals surface area contributed by atoms with E-state index in [-0.39, 0.29) is 0 Å². The van der Waals surface area contributed by atoms with Gasteiger partial charge in [0.05, 0.1) is 0 Å². The summed E-state index contributed by atoms with van der Waals surface area (Å²) in [5.41, 5.74) is 0. The second-order valence-corrected chi connectivity index (χ2v) is 33.3. The van der Waals surface area contributed by atoms with Crippen LogP contribution in [0.3, 0.4) is 0 Å². The van der Waals surface area contributed by atoms with Crippen LogP contribution in [0.5, 0.6) is 0 Å². The average Bonchev–Trinajstić information content (AvgIpc) is 1.84. The molecule has 0 fully saturated rings. The average molecular weight is 386 g/mol. The van der Waals surface area contributed by atoms with Crippen LogP contribution in [0.25, 0.3) is 0 Å². The number of halogens is 2. The molecule has 0 aromatic rings. The first-order valence-corrected chi connectivity index (χ1v) is 17.3. The molecular weight excluding hydrogens is 386 g/mol. The van der Waals surface area contributed by atoms with Gasteiger partial charge in [0.25, 0.3) is 0 Å². The van der Waals surface area contributed by atoms with Gasteiger partial charge in [-0.25, -0.2) is 0 Å². The molecule has 7 heavy (non-hydrogen) atoms. The molecule has 0 unspecified atom stereocenters. The Bertz CT molecular complexity index is 137. The molecule has 0 saturated carbocycles. The molecule has 42 valence electrons. The van der Waals surface area contributed by atoms with Crippen LogP contribution in [-0.4, -0.2) is 29.7 Å². The van der Waals surface area contributed by atoms with Gasteiger partial charge in [0, 0.05) is 0 Å². The molecule has 0 amide bonds. The van der Waals surface area contributed by atoms with Gasteiger partial charge in [-0.15, -0.1) is 0 Å². The van der Waals surface area contributed by atoms with Crippen LogP contribution in [0.1, 0.15) is 0 Å². The van der Waals surface area contributed by atoms with Crippen LogP contribution in [0.4, 0.5) is 0 Å². The van der Waals surface area contributed by atoms with E-state index >= 15 is 0 Å². The van der Waals surface area contributed by atoms with Gasteiger partial charge in [-0.3, -0.25) is 0 Å². The normalized spacial score (nSPS) is 29.4. The zero-order valence-corrected chi connectivity index (χ0v) is 9.86. The van der Waals surface area contributed by atoms with Crippen molar-refractivity contribution in [1.82, 2.24) is 0 Å². The van der Waals surface area contributed by atoms with E-state index in [1.807, 2.05) is 0 Å². The Kier molecular flexibility index (Phi) is 2.74. The number of rotatable bonds is 0. The number of hydrogen-bond acceptors (Lipinski definition) is 2. The van der Waals surface area contributed by atoms with Crippen molar-refractivity contribution in [1.29, 1.82) is 0 Å². The molecule has 0 aromatic carbocycles. The summed E-state index contributed by atoms with van der Waals surface area (Å²) in [5, 5.41) is 0. The summed E-state index contributed by atoms with van der Waals surface area (Å²) >= 11 is -1.71. The summed E-state index contributed by atoms with van der Waals surface area (Å²) in [6.45, 7) is 0. The fourth-order valence-electron chi connectivity index (χ4n) is 0.116. The van der Waals surface area contributed by atoms with E-state index < -0.39 is 29.7 Å². The van der Waals surface area contributed by atoms with Crippen molar-refractivity contribution in [3.05, 3.63) is 0 Å². The topological polar surface area (TPSA) is 24.7 Å². The van der Waals surface area contributed by atoms with Crippen molar-refractivity contribution >= 4 is 59.0 Å². The monoisotopic (exact) mass is 390 g/mol. The molecule has 1 aliphatic heterocycles. The molecule has 1 heterocycles. The van der Waals surface area contributed by atoms with Gasteiger partial charge in [-0.05, 0) is 0 Å². The van der Waals surface area contributed by atoms with Gasteiger partial charge in [-0.2, -0.15) is 0 Å². The number of hydrogen-bond donors (Lipinski definition) is 0. The minimum absolute atomic E-state index is 0.418. The standard InChI is InChI=1S/Cl2N2STe2/c1-7(2)4-5-3-6-7. The molecule has 0 aliphatic carbocycles. The zero-order chi connectivity index (χ0) is 5.33. The predicted octanol–water partition coefficient (Wildman–Crippen LogP) is 0.982. The molecule has 0 atom stereocenters. The number of nitrogens with zero attached hydrogens (tertiary/aromatic N) is 2. The quantitative estimate of drug-likeness (QED) is 0.555. The van der Waals surface area contributed by atoms with E-state index in [1.165, 1.54) is 11.4 Å². The Morgan fingerprint density at radius 3 is 2.43 bits per heavy atom. The van der Waals surface area contributed by atoms with E-state index in [2.05, 4.69) is 5.23 Å². The molecule has 2 nitrogen and oxygen atoms in total. The summed E-state index contributed by atoms with van der Waals surface area (Å²) in [6.07, 6.45) is 0. The van der Waals surface area contributed by atoms with Crippen molar-refractivity contribution in [2.24, 2.45) is 5.23 Å². The van der Waals surface area contributed by atoms with Crippen LogP contribution in [-0.2, 0) is 11.4 Å². The van der Waals surface area contributed by atoms with Gasteiger partial charge in [-0.1, -0.05) is 0 Å². The first-order chi connectivity index (χ1) is 3.21. The third-order valence-electron chi connectivity index (χ3n) is 0.274. The third kappa shape index (κ3) is 2.37. The zero-order valence-electron chi connectivity index (χ0n) is 2.88. The predicted molar refractivity (Wildman–Crippen MR) is 35.4 cm³/mol. The Morgan fingerprint density at radius 2 is 2.29 bits per heavy atom. The molecular formula is Cl2N2STe2. The van der Waals surface area contributed by atoms with Gasteiger partial charge in [0.2, 0.25) is 0 Å². The maximum atomic E-state index is 5.70. The molecule has 0 N–H and O–H groups in total. The van der Waals surface area contributed by atoms with E-state index in [1.54, 1.807) is 0 Å². The second-order valence-electron chi connectivity index (χ2n) is 0.702. The van der Waals surface area contributed by atoms with E-state index in [0.29, 0.717) is 0 Å². The molecule has 7 heteroatoms. The summed E-state index contributed by atoms with van der Waals surface area (Å²) < 4.78 is 7.83. The third-order valence-corrected chi connectivity index (χ3v) is 22.1. The summed E-state index contributed by atoms with van der Waals surface area (Å²) in [5.74, 6) is 0.